The van der Waals surface area contributed by atoms with E-state index in [1.165, 1.54) is 12.3 Å². The van der Waals surface area contributed by atoms with Gasteiger partial charge in [-0.25, -0.2) is 13.6 Å². The van der Waals surface area contributed by atoms with Crippen LogP contribution in [0.4, 0.5) is 13.6 Å². The summed E-state index contributed by atoms with van der Waals surface area (Å²) in [5.74, 6) is -1.01. The number of nitrogens with zero attached hydrogens (tertiary/aromatic N) is 1. The number of nitrogens with two attached hydrogens (primary N) is 2. The molecule has 44 heavy (non-hydrogen) atoms. The van der Waals surface area contributed by atoms with Gasteiger partial charge in [0, 0.05) is 56.2 Å². The van der Waals surface area contributed by atoms with Gasteiger partial charge in [0.15, 0.2) is 5.66 Å². The fourth-order valence-electron chi connectivity index (χ4n) is 3.86. The number of pyridine rings is 1. The zero-order chi connectivity index (χ0) is 33.6. The van der Waals surface area contributed by atoms with Gasteiger partial charge in [-0.1, -0.05) is 33.3 Å². The van der Waals surface area contributed by atoms with E-state index in [4.69, 9.17) is 16.2 Å². The van der Waals surface area contributed by atoms with Gasteiger partial charge in [0.05, 0.1) is 23.4 Å². The van der Waals surface area contributed by atoms with E-state index in [1.54, 1.807) is 13.1 Å². The predicted octanol–water partition coefficient (Wildman–Crippen LogP) is 3.01. The van der Waals surface area contributed by atoms with E-state index in [0.717, 1.165) is 36.2 Å². The van der Waals surface area contributed by atoms with Gasteiger partial charge in [-0.05, 0) is 45.4 Å². The largest absolute Gasteiger partial charge is 0.374 e. The van der Waals surface area contributed by atoms with Gasteiger partial charge < -0.3 is 42.3 Å². The fourth-order valence-corrected chi connectivity index (χ4v) is 5.13. The maximum atomic E-state index is 13.1. The quantitative estimate of drug-likeness (QED) is 0.101. The Bertz CT molecular complexity index is 1020. The number of nitrogens with one attached hydrogen (secondary N) is 4. The molecule has 14 heteroatoms. The van der Waals surface area contributed by atoms with Crippen LogP contribution < -0.4 is 32.7 Å². The van der Waals surface area contributed by atoms with E-state index in [9.17, 15) is 23.2 Å². The van der Waals surface area contributed by atoms with Crippen molar-refractivity contribution in [3.63, 3.8) is 0 Å². The predicted molar refractivity (Wildman–Crippen MR) is 171 cm³/mol. The van der Waals surface area contributed by atoms with Crippen LogP contribution >= 0.6 is 11.8 Å². The summed E-state index contributed by atoms with van der Waals surface area (Å²) in [6.45, 7) is 12.0. The molecule has 2 fully saturated rings. The van der Waals surface area contributed by atoms with E-state index in [1.807, 2.05) is 39.5 Å². The number of halogens is 2. The van der Waals surface area contributed by atoms with E-state index in [2.05, 4.69) is 33.2 Å². The van der Waals surface area contributed by atoms with Gasteiger partial charge in [0.25, 0.3) is 5.92 Å². The van der Waals surface area contributed by atoms with E-state index in [0.29, 0.717) is 51.5 Å². The van der Waals surface area contributed by atoms with Crippen molar-refractivity contribution >= 4 is 30.0 Å². The lowest BCUT2D eigenvalue weighted by Crippen LogP contribution is -2.59. The number of rotatable bonds is 14. The van der Waals surface area contributed by atoms with Gasteiger partial charge in [-0.3, -0.25) is 9.78 Å². The maximum Gasteiger partial charge on any atom is 0.315 e. The molecule has 0 spiro atoms. The molecule has 3 amide bonds. The molecule has 2 unspecified atom stereocenters. The number of ether oxygens (including phenoxy) is 1. The number of hydrogen-bond donors (Lipinski definition) is 6. The molecule has 0 aliphatic carbocycles. The highest BCUT2D eigenvalue weighted by molar-refractivity contribution is 7.99. The Hall–Kier alpha value is -2.39. The highest BCUT2D eigenvalue weighted by Crippen LogP contribution is 2.29. The average Bonchev–Trinajstić information content (AvgIpc) is 3.52. The lowest BCUT2D eigenvalue weighted by molar-refractivity contribution is -0.123. The lowest BCUT2D eigenvalue weighted by atomic mass is 9.92. The topological polar surface area (TPSA) is 173 Å². The van der Waals surface area contributed by atoms with Gasteiger partial charge in [-0.2, -0.15) is 11.8 Å². The molecular weight excluding hydrogens is 592 g/mol. The number of carbonyl (C=O) groups excluding carboxylic acids is 3. The summed E-state index contributed by atoms with van der Waals surface area (Å²) in [6.07, 6.45) is 5.63. The Morgan fingerprint density at radius 3 is 2.25 bits per heavy atom. The molecule has 252 valence electrons. The summed E-state index contributed by atoms with van der Waals surface area (Å²) >= 11 is 1.89. The summed E-state index contributed by atoms with van der Waals surface area (Å²) < 4.78 is 32.0. The van der Waals surface area contributed by atoms with Gasteiger partial charge in [0.2, 0.25) is 5.91 Å². The molecule has 2 aliphatic rings. The first-order chi connectivity index (χ1) is 20.4. The molecule has 8 N–H and O–H groups in total. The van der Waals surface area contributed by atoms with Crippen LogP contribution in [0.1, 0.15) is 78.5 Å². The first-order valence-electron chi connectivity index (χ1n) is 14.9. The normalized spacial score (nSPS) is 18.1. The third kappa shape index (κ3) is 14.1. The van der Waals surface area contributed by atoms with Crippen molar-refractivity contribution < 1.29 is 27.9 Å². The second-order valence-electron chi connectivity index (χ2n) is 12.6. The van der Waals surface area contributed by atoms with Crippen LogP contribution in [0.5, 0.6) is 0 Å². The van der Waals surface area contributed by atoms with Crippen molar-refractivity contribution in [2.24, 2.45) is 16.9 Å². The monoisotopic (exact) mass is 645 g/mol. The number of amides is 3. The van der Waals surface area contributed by atoms with Crippen molar-refractivity contribution in [1.29, 1.82) is 0 Å². The first-order valence-corrected chi connectivity index (χ1v) is 16.1. The number of urea groups is 1. The van der Waals surface area contributed by atoms with E-state index >= 15 is 0 Å². The number of fused-ring (bicyclic) bond motifs is 1. The SMILES string of the molecule is CCCCC(=O)NCC(C)(C)OCCC(C)(C)C=O.CNCc1ccc(C(N)(N)C(C)(F)F)nc1.O=C1NC2CSCC2N1. The number of aldehydes is 1. The smallest absolute Gasteiger partial charge is 0.315 e. The maximum absolute atomic E-state index is 13.1. The summed E-state index contributed by atoms with van der Waals surface area (Å²) in [7, 11) is 1.78. The Kier molecular flexibility index (Phi) is 16.2. The zero-order valence-corrected chi connectivity index (χ0v) is 28.0. The van der Waals surface area contributed by atoms with Gasteiger partial charge >= 0.3 is 6.03 Å². The second-order valence-corrected chi connectivity index (χ2v) is 13.6. The molecule has 1 aromatic rings. The molecule has 2 aliphatic heterocycles. The van der Waals surface area contributed by atoms with Crippen molar-refractivity contribution in [3.8, 4) is 0 Å². The van der Waals surface area contributed by atoms with Crippen molar-refractivity contribution in [2.75, 3.05) is 31.7 Å². The minimum atomic E-state index is -3.23. The van der Waals surface area contributed by atoms with Crippen LogP contribution in [0.15, 0.2) is 18.3 Å². The molecule has 2 atom stereocenters. The lowest BCUT2D eigenvalue weighted by Gasteiger charge is -2.30. The highest BCUT2D eigenvalue weighted by atomic mass is 32.2. The molecule has 0 saturated carbocycles. The fraction of sp³-hybridized carbons (Fsp3) is 0.733. The van der Waals surface area contributed by atoms with Crippen LogP contribution in [0, 0.1) is 5.41 Å². The van der Waals surface area contributed by atoms with E-state index in [-0.39, 0.29) is 23.0 Å². The summed E-state index contributed by atoms with van der Waals surface area (Å²) in [5.41, 5.74) is 8.63. The molecule has 3 heterocycles. The zero-order valence-electron chi connectivity index (χ0n) is 27.2. The van der Waals surface area contributed by atoms with Crippen molar-refractivity contribution in [3.05, 3.63) is 29.6 Å². The minimum absolute atomic E-state index is 0.00491. The van der Waals surface area contributed by atoms with Crippen LogP contribution in [0.3, 0.4) is 0 Å². The van der Waals surface area contributed by atoms with Gasteiger partial charge in [-0.15, -0.1) is 0 Å². The third-order valence-corrected chi connectivity index (χ3v) is 8.29. The number of thioether (sulfide) groups is 1. The Morgan fingerprint density at radius 2 is 1.77 bits per heavy atom. The van der Waals surface area contributed by atoms with Gasteiger partial charge in [0.1, 0.15) is 6.29 Å². The van der Waals surface area contributed by atoms with Crippen LogP contribution in [0.2, 0.25) is 0 Å². The molecule has 0 radical (unpaired) electrons. The number of unbranched alkanes of at least 4 members (excludes halogenated alkanes) is 1. The van der Waals surface area contributed by atoms with Crippen LogP contribution in [-0.2, 0) is 26.5 Å². The summed E-state index contributed by atoms with van der Waals surface area (Å²) in [4.78, 5) is 36.8. The molecule has 3 rings (SSSR count). The Morgan fingerprint density at radius 1 is 1.16 bits per heavy atom. The standard InChI is InChI=1S/C15H29NO3.C10H16F2N4.C5H8N2OS/c1-6-7-8-13(18)16-11-15(4,5)19-10-9-14(2,3)12-17;1-9(11,12)10(13,14)8-4-3-7(5-15-2)6-16-8;8-5-6-3-1-9-2-4(3)7-5/h12H,6-11H2,1-5H3,(H,16,18);3-4,6,15H,5,13-14H2,1-2H3;3-4H,1-2H2,(H2,6,7,8). The second kappa shape index (κ2) is 17.9. The molecule has 0 aromatic carbocycles. The third-order valence-electron chi connectivity index (χ3n) is 7.10. The Labute approximate surface area is 265 Å². The number of carbonyl (C=O) groups is 3. The molecule has 1 aromatic heterocycles. The van der Waals surface area contributed by atoms with Crippen molar-refractivity contribution in [2.45, 2.75) is 103 Å². The van der Waals surface area contributed by atoms with E-state index < -0.39 is 17.2 Å². The molecule has 2 saturated heterocycles. The van der Waals surface area contributed by atoms with Crippen LogP contribution in [0.25, 0.3) is 0 Å². The number of hydrogen-bond acceptors (Lipinski definition) is 9. The van der Waals surface area contributed by atoms with Crippen LogP contribution in [-0.4, -0.2) is 78.5 Å². The number of aromatic nitrogens is 1. The number of alkyl halides is 2. The molecule has 11 nitrogen and oxygen atoms in total. The summed E-state index contributed by atoms with van der Waals surface area (Å²) in [6, 6.07) is 3.90. The summed E-state index contributed by atoms with van der Waals surface area (Å²) in [5, 5.41) is 11.5. The first kappa shape index (κ1) is 39.6. The average molecular weight is 646 g/mol. The molecule has 0 bridgehead atoms. The minimum Gasteiger partial charge on any atom is -0.374 e. The van der Waals surface area contributed by atoms with Crippen molar-refractivity contribution in [1.82, 2.24) is 26.3 Å². The molecular formula is C30H53F2N7O4S. The highest BCUT2D eigenvalue weighted by Gasteiger charge is 2.46. The Balaban J connectivity index is 0.000000347.